The maximum atomic E-state index is 12.4. The standard InChI is InChI=1S/C20H31N3O5S/c1-20(2,3)28-19(25)22-13-12-21-18(24)10-11-23-29(26,27)17-9-8-15-6-4-5-7-16(15)14-17/h8-9,14,23H,4-7,10-13H2,1-3H3,(H,21,24)(H,22,25). The smallest absolute Gasteiger partial charge is 0.407 e. The number of sulfonamides is 1. The van der Waals surface area contributed by atoms with Gasteiger partial charge in [-0.25, -0.2) is 17.9 Å². The van der Waals surface area contributed by atoms with Crippen LogP contribution in [0, 0.1) is 0 Å². The molecule has 0 aliphatic heterocycles. The van der Waals surface area contributed by atoms with Crippen molar-refractivity contribution in [3.05, 3.63) is 29.3 Å². The number of amides is 2. The molecule has 0 spiro atoms. The summed E-state index contributed by atoms with van der Waals surface area (Å²) in [5, 5.41) is 5.16. The van der Waals surface area contributed by atoms with E-state index in [1.54, 1.807) is 32.9 Å². The van der Waals surface area contributed by atoms with E-state index in [2.05, 4.69) is 15.4 Å². The molecule has 0 aromatic heterocycles. The minimum absolute atomic E-state index is 0.00471. The van der Waals surface area contributed by atoms with Gasteiger partial charge in [-0.05, 0) is 69.7 Å². The summed E-state index contributed by atoms with van der Waals surface area (Å²) in [6, 6.07) is 5.24. The topological polar surface area (TPSA) is 114 Å². The van der Waals surface area contributed by atoms with E-state index in [1.165, 1.54) is 5.56 Å². The SMILES string of the molecule is CC(C)(C)OC(=O)NCCNC(=O)CCNS(=O)(=O)c1ccc2c(c1)CCCC2. The Kier molecular flexibility index (Phi) is 8.04. The third-order valence-electron chi connectivity index (χ3n) is 4.39. The van der Waals surface area contributed by atoms with Crippen molar-refractivity contribution in [1.82, 2.24) is 15.4 Å². The Morgan fingerprint density at radius 3 is 2.34 bits per heavy atom. The second-order valence-electron chi connectivity index (χ2n) is 8.06. The van der Waals surface area contributed by atoms with E-state index in [-0.39, 0.29) is 36.9 Å². The Morgan fingerprint density at radius 2 is 1.66 bits per heavy atom. The summed E-state index contributed by atoms with van der Waals surface area (Å²) in [7, 11) is -3.65. The lowest BCUT2D eigenvalue weighted by Crippen LogP contribution is -2.38. The van der Waals surface area contributed by atoms with E-state index >= 15 is 0 Å². The van der Waals surface area contributed by atoms with Gasteiger partial charge in [0, 0.05) is 26.1 Å². The number of carbonyl (C=O) groups excluding carboxylic acids is 2. The highest BCUT2D eigenvalue weighted by atomic mass is 32.2. The van der Waals surface area contributed by atoms with E-state index in [0.29, 0.717) is 0 Å². The van der Waals surface area contributed by atoms with Crippen LogP contribution in [-0.4, -0.2) is 45.7 Å². The Labute approximate surface area is 172 Å². The van der Waals surface area contributed by atoms with Crippen LogP contribution < -0.4 is 15.4 Å². The molecule has 0 radical (unpaired) electrons. The molecule has 29 heavy (non-hydrogen) atoms. The number of hydrogen-bond acceptors (Lipinski definition) is 5. The van der Waals surface area contributed by atoms with Gasteiger partial charge in [0.1, 0.15) is 5.60 Å². The number of carbonyl (C=O) groups is 2. The molecule has 2 rings (SSSR count). The van der Waals surface area contributed by atoms with Gasteiger partial charge in [0.2, 0.25) is 15.9 Å². The minimum atomic E-state index is -3.65. The summed E-state index contributed by atoms with van der Waals surface area (Å²) in [5.74, 6) is -0.302. The highest BCUT2D eigenvalue weighted by Gasteiger charge is 2.18. The Bertz CT molecular complexity index is 831. The zero-order valence-corrected chi connectivity index (χ0v) is 18.2. The molecule has 1 aromatic carbocycles. The van der Waals surface area contributed by atoms with Gasteiger partial charge in [0.25, 0.3) is 0 Å². The molecule has 0 saturated carbocycles. The summed E-state index contributed by atoms with van der Waals surface area (Å²) in [6.45, 7) is 5.75. The van der Waals surface area contributed by atoms with Crippen molar-refractivity contribution in [2.45, 2.75) is 63.4 Å². The normalized spacial score (nSPS) is 14.0. The number of nitrogens with one attached hydrogen (secondary N) is 3. The van der Waals surface area contributed by atoms with Crippen LogP contribution in [0.3, 0.4) is 0 Å². The van der Waals surface area contributed by atoms with Gasteiger partial charge in [0.15, 0.2) is 0 Å². The highest BCUT2D eigenvalue weighted by Crippen LogP contribution is 2.23. The maximum absolute atomic E-state index is 12.4. The first-order valence-electron chi connectivity index (χ1n) is 9.92. The van der Waals surface area contributed by atoms with Crippen LogP contribution in [0.4, 0.5) is 4.79 Å². The molecule has 9 heteroatoms. The van der Waals surface area contributed by atoms with Crippen molar-refractivity contribution in [1.29, 1.82) is 0 Å². The van der Waals surface area contributed by atoms with Crippen LogP contribution in [0.1, 0.15) is 51.2 Å². The van der Waals surface area contributed by atoms with Gasteiger partial charge in [-0.3, -0.25) is 4.79 Å². The van der Waals surface area contributed by atoms with Crippen molar-refractivity contribution in [2.75, 3.05) is 19.6 Å². The fourth-order valence-electron chi connectivity index (χ4n) is 3.03. The number of aryl methyl sites for hydroxylation is 2. The molecular formula is C20H31N3O5S. The molecular weight excluding hydrogens is 394 g/mol. The van der Waals surface area contributed by atoms with Crippen LogP contribution in [0.15, 0.2) is 23.1 Å². The van der Waals surface area contributed by atoms with Gasteiger partial charge in [-0.2, -0.15) is 0 Å². The zero-order chi connectivity index (χ0) is 21.5. The third-order valence-corrected chi connectivity index (χ3v) is 5.85. The van der Waals surface area contributed by atoms with Crippen molar-refractivity contribution < 1.29 is 22.7 Å². The quantitative estimate of drug-likeness (QED) is 0.550. The molecule has 162 valence electrons. The van der Waals surface area contributed by atoms with E-state index in [4.69, 9.17) is 4.74 Å². The monoisotopic (exact) mass is 425 g/mol. The van der Waals surface area contributed by atoms with Crippen LogP contribution in [0.5, 0.6) is 0 Å². The van der Waals surface area contributed by atoms with E-state index in [1.807, 2.05) is 6.07 Å². The summed E-state index contributed by atoms with van der Waals surface area (Å²) >= 11 is 0. The van der Waals surface area contributed by atoms with Gasteiger partial charge < -0.3 is 15.4 Å². The number of benzene rings is 1. The van der Waals surface area contributed by atoms with Crippen LogP contribution >= 0.6 is 0 Å². The summed E-state index contributed by atoms with van der Waals surface area (Å²) in [5.41, 5.74) is 1.73. The van der Waals surface area contributed by atoms with Crippen molar-refractivity contribution in [3.8, 4) is 0 Å². The van der Waals surface area contributed by atoms with Crippen molar-refractivity contribution >= 4 is 22.0 Å². The minimum Gasteiger partial charge on any atom is -0.444 e. The average Bonchev–Trinajstić information content (AvgIpc) is 2.63. The number of fused-ring (bicyclic) bond motifs is 1. The van der Waals surface area contributed by atoms with E-state index in [9.17, 15) is 18.0 Å². The highest BCUT2D eigenvalue weighted by molar-refractivity contribution is 7.89. The lowest BCUT2D eigenvalue weighted by Gasteiger charge is -2.19. The predicted molar refractivity (Wildman–Crippen MR) is 110 cm³/mol. The Balaban J connectivity index is 1.69. The molecule has 1 aliphatic rings. The molecule has 0 bridgehead atoms. The molecule has 3 N–H and O–H groups in total. The lowest BCUT2D eigenvalue weighted by molar-refractivity contribution is -0.120. The summed E-state index contributed by atoms with van der Waals surface area (Å²) in [6.07, 6.45) is 3.57. The van der Waals surface area contributed by atoms with Crippen LogP contribution in [-0.2, 0) is 32.4 Å². The molecule has 0 saturated heterocycles. The lowest BCUT2D eigenvalue weighted by atomic mass is 9.92. The number of alkyl carbamates (subject to hydrolysis) is 1. The molecule has 1 aromatic rings. The first kappa shape index (κ1) is 23.2. The Morgan fingerprint density at radius 1 is 1.00 bits per heavy atom. The summed E-state index contributed by atoms with van der Waals surface area (Å²) in [4.78, 5) is 23.6. The third kappa shape index (κ3) is 8.02. The summed E-state index contributed by atoms with van der Waals surface area (Å²) < 4.78 is 32.4. The molecule has 0 fully saturated rings. The fraction of sp³-hybridized carbons (Fsp3) is 0.600. The van der Waals surface area contributed by atoms with Crippen molar-refractivity contribution in [3.63, 3.8) is 0 Å². The number of hydrogen-bond donors (Lipinski definition) is 3. The maximum Gasteiger partial charge on any atom is 0.407 e. The molecule has 2 amide bonds. The second kappa shape index (κ2) is 10.1. The van der Waals surface area contributed by atoms with Gasteiger partial charge >= 0.3 is 6.09 Å². The predicted octanol–water partition coefficient (Wildman–Crippen LogP) is 1.87. The number of ether oxygens (including phenoxy) is 1. The van der Waals surface area contributed by atoms with Gasteiger partial charge in [-0.15, -0.1) is 0 Å². The second-order valence-corrected chi connectivity index (χ2v) is 9.83. The van der Waals surface area contributed by atoms with E-state index < -0.39 is 21.7 Å². The number of rotatable bonds is 8. The Hall–Kier alpha value is -2.13. The van der Waals surface area contributed by atoms with Crippen LogP contribution in [0.25, 0.3) is 0 Å². The fourth-order valence-corrected chi connectivity index (χ4v) is 4.11. The first-order valence-corrected chi connectivity index (χ1v) is 11.4. The molecule has 0 unspecified atom stereocenters. The van der Waals surface area contributed by atoms with E-state index in [0.717, 1.165) is 31.2 Å². The largest absolute Gasteiger partial charge is 0.444 e. The molecule has 0 atom stereocenters. The van der Waals surface area contributed by atoms with Gasteiger partial charge in [-0.1, -0.05) is 6.07 Å². The van der Waals surface area contributed by atoms with Crippen molar-refractivity contribution in [2.24, 2.45) is 0 Å². The molecule has 0 heterocycles. The van der Waals surface area contributed by atoms with Gasteiger partial charge in [0.05, 0.1) is 4.90 Å². The average molecular weight is 426 g/mol. The zero-order valence-electron chi connectivity index (χ0n) is 17.3. The molecule has 8 nitrogen and oxygen atoms in total. The van der Waals surface area contributed by atoms with Crippen LogP contribution in [0.2, 0.25) is 0 Å². The molecule has 1 aliphatic carbocycles. The first-order chi connectivity index (χ1) is 13.6.